The number of carbonyl (C=O) groups is 1. The number of hydrogen-bond acceptors (Lipinski definition) is 2. The molecule has 0 aliphatic carbocycles. The second-order valence-corrected chi connectivity index (χ2v) is 5.06. The standard InChI is InChI=1S/C13H19ClN2O/c1-8(2)11(15)7-13(17)16-12-6-10(14)5-4-9(12)3/h4-6,8,11H,7,15H2,1-3H3,(H,16,17). The number of rotatable bonds is 4. The second-order valence-electron chi connectivity index (χ2n) is 4.62. The molecule has 4 heteroatoms. The lowest BCUT2D eigenvalue weighted by Gasteiger charge is -2.15. The van der Waals surface area contributed by atoms with E-state index in [0.717, 1.165) is 11.3 Å². The number of anilines is 1. The molecular formula is C13H19ClN2O. The minimum atomic E-state index is -0.116. The van der Waals surface area contributed by atoms with Crippen LogP contribution in [0.5, 0.6) is 0 Å². The van der Waals surface area contributed by atoms with Crippen LogP contribution in [0.1, 0.15) is 25.8 Å². The predicted molar refractivity (Wildman–Crippen MR) is 72.2 cm³/mol. The van der Waals surface area contributed by atoms with E-state index in [1.54, 1.807) is 12.1 Å². The Bertz CT molecular complexity index is 404. The van der Waals surface area contributed by atoms with Crippen molar-refractivity contribution in [2.45, 2.75) is 33.2 Å². The van der Waals surface area contributed by atoms with Crippen LogP contribution in [0.2, 0.25) is 5.02 Å². The summed E-state index contributed by atoms with van der Waals surface area (Å²) in [5.41, 5.74) is 7.59. The summed E-state index contributed by atoms with van der Waals surface area (Å²) < 4.78 is 0. The van der Waals surface area contributed by atoms with Crippen LogP contribution >= 0.6 is 11.6 Å². The molecule has 0 radical (unpaired) electrons. The van der Waals surface area contributed by atoms with E-state index >= 15 is 0 Å². The normalized spacial score (nSPS) is 12.6. The van der Waals surface area contributed by atoms with Gasteiger partial charge in [-0.15, -0.1) is 0 Å². The molecule has 0 saturated carbocycles. The van der Waals surface area contributed by atoms with Crippen LogP contribution in [0.25, 0.3) is 0 Å². The van der Waals surface area contributed by atoms with Crippen LogP contribution in [0.15, 0.2) is 18.2 Å². The Morgan fingerprint density at radius 1 is 1.47 bits per heavy atom. The van der Waals surface area contributed by atoms with E-state index in [4.69, 9.17) is 17.3 Å². The molecule has 1 aromatic rings. The summed E-state index contributed by atoms with van der Waals surface area (Å²) in [6.07, 6.45) is 0.323. The van der Waals surface area contributed by atoms with Crippen molar-refractivity contribution in [3.63, 3.8) is 0 Å². The Hall–Kier alpha value is -1.06. The zero-order valence-electron chi connectivity index (χ0n) is 10.5. The van der Waals surface area contributed by atoms with Gasteiger partial charge >= 0.3 is 0 Å². The molecule has 1 aromatic carbocycles. The average Bonchev–Trinajstić information content (AvgIpc) is 2.23. The summed E-state index contributed by atoms with van der Waals surface area (Å²) in [5.74, 6) is 0.220. The van der Waals surface area contributed by atoms with Gasteiger partial charge < -0.3 is 11.1 Å². The van der Waals surface area contributed by atoms with E-state index in [1.165, 1.54) is 0 Å². The van der Waals surface area contributed by atoms with Crippen molar-refractivity contribution in [1.29, 1.82) is 0 Å². The number of carbonyl (C=O) groups excluding carboxylic acids is 1. The molecule has 0 heterocycles. The lowest BCUT2D eigenvalue weighted by molar-refractivity contribution is -0.116. The Morgan fingerprint density at radius 2 is 2.12 bits per heavy atom. The monoisotopic (exact) mass is 254 g/mol. The van der Waals surface area contributed by atoms with Crippen molar-refractivity contribution in [2.24, 2.45) is 11.7 Å². The van der Waals surface area contributed by atoms with Gasteiger partial charge in [0.2, 0.25) is 5.91 Å². The van der Waals surface area contributed by atoms with Gasteiger partial charge in [0.25, 0.3) is 0 Å². The zero-order chi connectivity index (χ0) is 13.0. The van der Waals surface area contributed by atoms with Gasteiger partial charge in [0.05, 0.1) is 0 Å². The van der Waals surface area contributed by atoms with E-state index in [1.807, 2.05) is 26.8 Å². The van der Waals surface area contributed by atoms with Crippen LogP contribution in [0.4, 0.5) is 5.69 Å². The Labute approximate surface area is 107 Å². The number of aryl methyl sites for hydroxylation is 1. The molecule has 1 rings (SSSR count). The lowest BCUT2D eigenvalue weighted by Crippen LogP contribution is -2.31. The first-order valence-electron chi connectivity index (χ1n) is 5.71. The summed E-state index contributed by atoms with van der Waals surface area (Å²) in [6, 6.07) is 5.30. The Kier molecular flexibility index (Phi) is 4.97. The first-order valence-corrected chi connectivity index (χ1v) is 6.09. The van der Waals surface area contributed by atoms with Crippen LogP contribution in [-0.4, -0.2) is 11.9 Å². The Balaban J connectivity index is 2.65. The molecule has 3 N–H and O–H groups in total. The maximum atomic E-state index is 11.8. The van der Waals surface area contributed by atoms with Crippen molar-refractivity contribution in [3.05, 3.63) is 28.8 Å². The number of nitrogens with one attached hydrogen (secondary N) is 1. The molecule has 0 aromatic heterocycles. The molecule has 1 atom stereocenters. The SMILES string of the molecule is Cc1ccc(Cl)cc1NC(=O)CC(N)C(C)C. The topological polar surface area (TPSA) is 55.1 Å². The molecule has 1 unspecified atom stereocenters. The minimum Gasteiger partial charge on any atom is -0.327 e. The smallest absolute Gasteiger partial charge is 0.225 e. The lowest BCUT2D eigenvalue weighted by atomic mass is 10.0. The van der Waals surface area contributed by atoms with Crippen molar-refractivity contribution >= 4 is 23.2 Å². The van der Waals surface area contributed by atoms with Crippen LogP contribution in [0.3, 0.4) is 0 Å². The molecule has 94 valence electrons. The third kappa shape index (κ3) is 4.36. The van der Waals surface area contributed by atoms with E-state index in [2.05, 4.69) is 5.32 Å². The maximum absolute atomic E-state index is 11.8. The second kappa shape index (κ2) is 6.03. The molecule has 3 nitrogen and oxygen atoms in total. The average molecular weight is 255 g/mol. The number of hydrogen-bond donors (Lipinski definition) is 2. The van der Waals surface area contributed by atoms with Crippen LogP contribution in [0, 0.1) is 12.8 Å². The number of amides is 1. The third-order valence-corrected chi connectivity index (χ3v) is 2.99. The largest absolute Gasteiger partial charge is 0.327 e. The highest BCUT2D eigenvalue weighted by Gasteiger charge is 2.13. The fourth-order valence-electron chi connectivity index (χ4n) is 1.38. The van der Waals surface area contributed by atoms with Gasteiger partial charge in [0, 0.05) is 23.2 Å². The molecular weight excluding hydrogens is 236 g/mol. The molecule has 17 heavy (non-hydrogen) atoms. The van der Waals surface area contributed by atoms with Gasteiger partial charge in [-0.2, -0.15) is 0 Å². The van der Waals surface area contributed by atoms with Crippen molar-refractivity contribution in [2.75, 3.05) is 5.32 Å². The van der Waals surface area contributed by atoms with Gasteiger partial charge in [-0.25, -0.2) is 0 Å². The first-order chi connectivity index (χ1) is 7.90. The van der Waals surface area contributed by atoms with Gasteiger partial charge in [-0.3, -0.25) is 4.79 Å². The molecule has 0 spiro atoms. The number of nitrogens with two attached hydrogens (primary N) is 1. The van der Waals surface area contributed by atoms with E-state index < -0.39 is 0 Å². The molecule has 0 aliphatic heterocycles. The summed E-state index contributed by atoms with van der Waals surface area (Å²) in [7, 11) is 0. The summed E-state index contributed by atoms with van der Waals surface area (Å²) in [4.78, 5) is 11.8. The maximum Gasteiger partial charge on any atom is 0.225 e. The fourth-order valence-corrected chi connectivity index (χ4v) is 1.55. The molecule has 0 bridgehead atoms. The van der Waals surface area contributed by atoms with Gasteiger partial charge in [-0.05, 0) is 30.5 Å². The van der Waals surface area contributed by atoms with Gasteiger partial charge in [0.15, 0.2) is 0 Å². The number of benzene rings is 1. The molecule has 0 fully saturated rings. The minimum absolute atomic E-state index is 0.0726. The highest BCUT2D eigenvalue weighted by molar-refractivity contribution is 6.31. The van der Waals surface area contributed by atoms with E-state index in [0.29, 0.717) is 17.4 Å². The van der Waals surface area contributed by atoms with Crippen LogP contribution < -0.4 is 11.1 Å². The molecule has 0 saturated heterocycles. The molecule has 1 amide bonds. The van der Waals surface area contributed by atoms with E-state index in [-0.39, 0.29) is 11.9 Å². The molecule has 0 aliphatic rings. The van der Waals surface area contributed by atoms with Crippen molar-refractivity contribution < 1.29 is 4.79 Å². The zero-order valence-corrected chi connectivity index (χ0v) is 11.2. The summed E-state index contributed by atoms with van der Waals surface area (Å²) in [6.45, 7) is 5.93. The summed E-state index contributed by atoms with van der Waals surface area (Å²) in [5, 5.41) is 3.44. The van der Waals surface area contributed by atoms with Crippen LogP contribution in [-0.2, 0) is 4.79 Å². The van der Waals surface area contributed by atoms with Crippen molar-refractivity contribution in [3.8, 4) is 0 Å². The Morgan fingerprint density at radius 3 is 2.71 bits per heavy atom. The predicted octanol–water partition coefficient (Wildman–Crippen LogP) is 2.96. The van der Waals surface area contributed by atoms with Gasteiger partial charge in [-0.1, -0.05) is 31.5 Å². The quantitative estimate of drug-likeness (QED) is 0.868. The fraction of sp³-hybridized carbons (Fsp3) is 0.462. The van der Waals surface area contributed by atoms with Crippen molar-refractivity contribution in [1.82, 2.24) is 0 Å². The first kappa shape index (κ1) is 14.0. The highest BCUT2D eigenvalue weighted by Crippen LogP contribution is 2.20. The van der Waals surface area contributed by atoms with Gasteiger partial charge in [0.1, 0.15) is 0 Å². The van der Waals surface area contributed by atoms with E-state index in [9.17, 15) is 4.79 Å². The number of halogens is 1. The highest BCUT2D eigenvalue weighted by atomic mass is 35.5. The summed E-state index contributed by atoms with van der Waals surface area (Å²) >= 11 is 5.88. The third-order valence-electron chi connectivity index (χ3n) is 2.75.